The van der Waals surface area contributed by atoms with Crippen LogP contribution in [0.25, 0.3) is 0 Å². The first kappa shape index (κ1) is 19.9. The van der Waals surface area contributed by atoms with Gasteiger partial charge in [0.25, 0.3) is 15.9 Å². The smallest absolute Gasteiger partial charge is 0.261 e. The first-order chi connectivity index (χ1) is 13.4. The first-order valence-corrected chi connectivity index (χ1v) is 10.5. The van der Waals surface area contributed by atoms with Gasteiger partial charge in [-0.3, -0.25) is 9.52 Å². The molecular weight excluding hydrogens is 444 g/mol. The lowest BCUT2D eigenvalue weighted by Crippen LogP contribution is -2.18. The van der Waals surface area contributed by atoms with Gasteiger partial charge < -0.3 is 10.1 Å². The van der Waals surface area contributed by atoms with E-state index >= 15 is 0 Å². The summed E-state index contributed by atoms with van der Waals surface area (Å²) in [7, 11) is -2.36. The number of ether oxygens (including phenoxy) is 1. The largest absolute Gasteiger partial charge is 0.497 e. The molecule has 0 atom stereocenters. The van der Waals surface area contributed by atoms with E-state index in [2.05, 4.69) is 26.0 Å². The first-order valence-electron chi connectivity index (χ1n) is 8.22. The number of benzene rings is 3. The number of hydrogen-bond acceptors (Lipinski definition) is 4. The van der Waals surface area contributed by atoms with Crippen LogP contribution in [0.1, 0.15) is 10.4 Å². The minimum Gasteiger partial charge on any atom is -0.497 e. The van der Waals surface area contributed by atoms with Crippen LogP contribution >= 0.6 is 15.9 Å². The number of para-hydroxylation sites is 1. The van der Waals surface area contributed by atoms with Crippen LogP contribution < -0.4 is 14.8 Å². The Labute approximate surface area is 171 Å². The van der Waals surface area contributed by atoms with Gasteiger partial charge in [0, 0.05) is 10.2 Å². The van der Waals surface area contributed by atoms with E-state index in [-0.39, 0.29) is 16.1 Å². The molecule has 0 aliphatic heterocycles. The number of hydrogen-bond donors (Lipinski definition) is 2. The molecule has 3 aromatic carbocycles. The average molecular weight is 461 g/mol. The molecular formula is C20H17BrN2O4S. The summed E-state index contributed by atoms with van der Waals surface area (Å²) in [5.41, 5.74) is 0.997. The van der Waals surface area contributed by atoms with Crippen molar-refractivity contribution in [2.45, 2.75) is 4.90 Å². The third kappa shape index (κ3) is 4.71. The van der Waals surface area contributed by atoms with Gasteiger partial charge >= 0.3 is 0 Å². The van der Waals surface area contributed by atoms with Crippen LogP contribution in [0.2, 0.25) is 0 Å². The van der Waals surface area contributed by atoms with Gasteiger partial charge in [0.15, 0.2) is 0 Å². The van der Waals surface area contributed by atoms with Crippen LogP contribution in [-0.4, -0.2) is 21.4 Å². The number of methoxy groups -OCH3 is 1. The molecule has 0 saturated carbocycles. The Morgan fingerprint density at radius 2 is 1.57 bits per heavy atom. The molecule has 6 nitrogen and oxygen atoms in total. The second-order valence-electron chi connectivity index (χ2n) is 5.79. The molecule has 8 heteroatoms. The summed E-state index contributed by atoms with van der Waals surface area (Å²) < 4.78 is 33.8. The molecule has 0 heterocycles. The van der Waals surface area contributed by atoms with Gasteiger partial charge in [-0.25, -0.2) is 8.42 Å². The minimum atomic E-state index is -3.86. The van der Waals surface area contributed by atoms with Crippen molar-refractivity contribution in [1.82, 2.24) is 0 Å². The third-order valence-corrected chi connectivity index (χ3v) is 5.80. The Kier molecular flexibility index (Phi) is 6.01. The highest BCUT2D eigenvalue weighted by molar-refractivity contribution is 9.10. The Hall–Kier alpha value is -2.84. The van der Waals surface area contributed by atoms with E-state index in [9.17, 15) is 13.2 Å². The Morgan fingerprint density at radius 3 is 2.21 bits per heavy atom. The maximum Gasteiger partial charge on any atom is 0.261 e. The lowest BCUT2D eigenvalue weighted by Gasteiger charge is -2.13. The fourth-order valence-corrected chi connectivity index (χ4v) is 3.80. The molecule has 0 aromatic heterocycles. The van der Waals surface area contributed by atoms with Crippen LogP contribution in [0, 0.1) is 0 Å². The predicted octanol–water partition coefficient (Wildman–Crippen LogP) is 4.51. The number of halogens is 1. The summed E-state index contributed by atoms with van der Waals surface area (Å²) in [5.74, 6) is 0.128. The number of amides is 1. The molecule has 2 N–H and O–H groups in total. The summed E-state index contributed by atoms with van der Waals surface area (Å²) in [6.45, 7) is 0. The molecule has 0 bridgehead atoms. The highest BCUT2D eigenvalue weighted by atomic mass is 79.9. The predicted molar refractivity (Wildman–Crippen MR) is 112 cm³/mol. The number of carbonyl (C=O) groups is 1. The van der Waals surface area contributed by atoms with Crippen molar-refractivity contribution in [3.8, 4) is 5.75 Å². The van der Waals surface area contributed by atoms with E-state index in [1.165, 1.54) is 25.3 Å². The van der Waals surface area contributed by atoms with Gasteiger partial charge in [-0.1, -0.05) is 28.1 Å². The van der Waals surface area contributed by atoms with Crippen molar-refractivity contribution in [3.05, 3.63) is 82.8 Å². The Balaban J connectivity index is 1.84. The van der Waals surface area contributed by atoms with Crippen molar-refractivity contribution < 1.29 is 17.9 Å². The number of nitrogens with one attached hydrogen (secondary N) is 2. The number of sulfonamides is 1. The van der Waals surface area contributed by atoms with E-state index in [4.69, 9.17) is 4.74 Å². The lowest BCUT2D eigenvalue weighted by atomic mass is 10.1. The molecule has 0 radical (unpaired) electrons. The van der Waals surface area contributed by atoms with Crippen LogP contribution in [0.15, 0.2) is 82.2 Å². The highest BCUT2D eigenvalue weighted by Crippen LogP contribution is 2.23. The van der Waals surface area contributed by atoms with Crippen LogP contribution in [0.5, 0.6) is 5.75 Å². The van der Waals surface area contributed by atoms with Gasteiger partial charge in [-0.2, -0.15) is 0 Å². The zero-order valence-electron chi connectivity index (χ0n) is 14.8. The monoisotopic (exact) mass is 460 g/mol. The Morgan fingerprint density at radius 1 is 0.929 bits per heavy atom. The van der Waals surface area contributed by atoms with Crippen molar-refractivity contribution >= 4 is 43.2 Å². The van der Waals surface area contributed by atoms with Gasteiger partial charge in [0.2, 0.25) is 0 Å². The van der Waals surface area contributed by atoms with E-state index in [1.54, 1.807) is 54.6 Å². The van der Waals surface area contributed by atoms with Crippen molar-refractivity contribution in [2.24, 2.45) is 0 Å². The summed E-state index contributed by atoms with van der Waals surface area (Å²) >= 11 is 3.34. The topological polar surface area (TPSA) is 84.5 Å². The second-order valence-corrected chi connectivity index (χ2v) is 8.39. The summed E-state index contributed by atoms with van der Waals surface area (Å²) in [4.78, 5) is 12.7. The molecule has 3 rings (SSSR count). The van der Waals surface area contributed by atoms with E-state index < -0.39 is 15.9 Å². The normalized spacial score (nSPS) is 10.9. The lowest BCUT2D eigenvalue weighted by molar-refractivity contribution is 0.102. The molecule has 0 saturated heterocycles. The third-order valence-electron chi connectivity index (χ3n) is 3.89. The summed E-state index contributed by atoms with van der Waals surface area (Å²) in [6.07, 6.45) is 0. The van der Waals surface area contributed by atoms with Crippen molar-refractivity contribution in [1.29, 1.82) is 0 Å². The van der Waals surface area contributed by atoms with Gasteiger partial charge in [-0.15, -0.1) is 0 Å². The van der Waals surface area contributed by atoms with Crippen LogP contribution in [0.3, 0.4) is 0 Å². The van der Waals surface area contributed by atoms with Crippen molar-refractivity contribution in [2.75, 3.05) is 17.1 Å². The fraction of sp³-hybridized carbons (Fsp3) is 0.0500. The molecule has 28 heavy (non-hydrogen) atoms. The minimum absolute atomic E-state index is 0.0661. The summed E-state index contributed by atoms with van der Waals surface area (Å²) in [6, 6.07) is 19.5. The number of carbonyl (C=O) groups excluding carboxylic acids is 1. The zero-order chi connectivity index (χ0) is 20.1. The maximum absolute atomic E-state index is 12.7. The Bertz CT molecular complexity index is 1080. The second kappa shape index (κ2) is 8.45. The molecule has 0 fully saturated rings. The average Bonchev–Trinajstić information content (AvgIpc) is 2.70. The number of anilines is 2. The fourth-order valence-electron chi connectivity index (χ4n) is 2.46. The highest BCUT2D eigenvalue weighted by Gasteiger charge is 2.19. The molecule has 144 valence electrons. The van der Waals surface area contributed by atoms with Crippen LogP contribution in [-0.2, 0) is 10.0 Å². The standard InChI is InChI=1S/C20H17BrN2O4S/c1-27-16-10-12-17(13-11-16)28(25,26)23-19-5-3-2-4-18(19)20(24)22-15-8-6-14(21)7-9-15/h2-13,23H,1H3,(H,22,24). The molecule has 0 unspecified atom stereocenters. The van der Waals surface area contributed by atoms with Gasteiger partial charge in [0.05, 0.1) is 23.3 Å². The summed E-state index contributed by atoms with van der Waals surface area (Å²) in [5, 5.41) is 2.76. The van der Waals surface area contributed by atoms with E-state index in [1.807, 2.05) is 0 Å². The molecule has 0 aliphatic rings. The van der Waals surface area contributed by atoms with E-state index in [0.29, 0.717) is 11.4 Å². The quantitative estimate of drug-likeness (QED) is 0.566. The van der Waals surface area contributed by atoms with Gasteiger partial charge in [-0.05, 0) is 60.7 Å². The maximum atomic E-state index is 12.7. The zero-order valence-corrected chi connectivity index (χ0v) is 17.2. The SMILES string of the molecule is COc1ccc(S(=O)(=O)Nc2ccccc2C(=O)Nc2ccc(Br)cc2)cc1. The van der Waals surface area contributed by atoms with Gasteiger partial charge in [0.1, 0.15) is 5.75 Å². The molecule has 1 amide bonds. The number of rotatable bonds is 6. The van der Waals surface area contributed by atoms with Crippen molar-refractivity contribution in [3.63, 3.8) is 0 Å². The van der Waals surface area contributed by atoms with E-state index in [0.717, 1.165) is 4.47 Å². The van der Waals surface area contributed by atoms with Crippen LogP contribution in [0.4, 0.5) is 11.4 Å². The molecule has 3 aromatic rings. The molecule has 0 spiro atoms. The molecule has 0 aliphatic carbocycles.